The summed E-state index contributed by atoms with van der Waals surface area (Å²) in [4.78, 5) is 13.3. The largest absolute Gasteiger partial charge is 0.435 e. The van der Waals surface area contributed by atoms with E-state index in [4.69, 9.17) is 4.74 Å². The van der Waals surface area contributed by atoms with E-state index in [1.807, 2.05) is 0 Å². The molecule has 2 aromatic heterocycles. The summed E-state index contributed by atoms with van der Waals surface area (Å²) >= 11 is 0. The van der Waals surface area contributed by atoms with E-state index in [1.54, 1.807) is 43.6 Å². The smallest absolute Gasteiger partial charge is 0.235 e. The van der Waals surface area contributed by atoms with Crippen LogP contribution in [0.2, 0.25) is 0 Å². The second-order valence-corrected chi connectivity index (χ2v) is 11.5. The zero-order chi connectivity index (χ0) is 25.8. The van der Waals surface area contributed by atoms with Crippen molar-refractivity contribution in [2.45, 2.75) is 56.7 Å². The molecule has 2 aliphatic rings. The summed E-state index contributed by atoms with van der Waals surface area (Å²) in [6.07, 6.45) is 8.37. The standard InChI is InChI=1S/C26H31FN6O3S.ClH/c1-17-14-19(33-37(34,35)20-7-2-3-8-20)15-22(27)24(17)36-25-21(9-5-12-29-25)23-10-13-30-26(32-23)31-18-6-4-11-28-16-18;/h5,9-10,12-15,18,20,28,33H,2-4,6-8,11,16H2,1H3,(H,30,31,32);1H/t18-;/m0./s1. The maximum Gasteiger partial charge on any atom is 0.235 e. The number of rotatable bonds is 8. The number of hydrogen-bond acceptors (Lipinski definition) is 8. The third-order valence-corrected chi connectivity index (χ3v) is 8.63. The van der Waals surface area contributed by atoms with Crippen LogP contribution in [0.3, 0.4) is 0 Å². The zero-order valence-corrected chi connectivity index (χ0v) is 22.7. The molecule has 38 heavy (non-hydrogen) atoms. The van der Waals surface area contributed by atoms with E-state index in [0.717, 1.165) is 44.8 Å². The first kappa shape index (κ1) is 28.0. The molecule has 1 aliphatic heterocycles. The van der Waals surface area contributed by atoms with Crippen LogP contribution in [-0.2, 0) is 10.0 Å². The molecule has 3 N–H and O–H groups in total. The molecule has 2 fully saturated rings. The summed E-state index contributed by atoms with van der Waals surface area (Å²) in [6, 6.07) is 8.26. The Balaban J connectivity index is 0.00000336. The molecule has 0 spiro atoms. The number of aryl methyl sites for hydroxylation is 1. The van der Waals surface area contributed by atoms with Crippen LogP contribution in [0.1, 0.15) is 44.1 Å². The van der Waals surface area contributed by atoms with Crippen molar-refractivity contribution in [2.24, 2.45) is 0 Å². The van der Waals surface area contributed by atoms with Gasteiger partial charge in [-0.2, -0.15) is 0 Å². The van der Waals surface area contributed by atoms with Gasteiger partial charge in [-0.25, -0.2) is 27.8 Å². The van der Waals surface area contributed by atoms with Crippen molar-refractivity contribution in [2.75, 3.05) is 23.1 Å². The number of nitrogens with zero attached hydrogens (tertiary/aromatic N) is 3. The van der Waals surface area contributed by atoms with Gasteiger partial charge in [0.15, 0.2) is 11.6 Å². The summed E-state index contributed by atoms with van der Waals surface area (Å²) < 4.78 is 49.0. The van der Waals surface area contributed by atoms with Crippen LogP contribution >= 0.6 is 12.4 Å². The summed E-state index contributed by atoms with van der Waals surface area (Å²) in [5.41, 5.74) is 1.79. The van der Waals surface area contributed by atoms with Crippen LogP contribution in [0.5, 0.6) is 11.6 Å². The molecule has 1 saturated carbocycles. The molecule has 0 bridgehead atoms. The van der Waals surface area contributed by atoms with E-state index in [2.05, 4.69) is 30.3 Å². The van der Waals surface area contributed by atoms with Gasteiger partial charge < -0.3 is 15.4 Å². The fourth-order valence-electron chi connectivity index (χ4n) is 4.86. The van der Waals surface area contributed by atoms with Gasteiger partial charge in [0.25, 0.3) is 0 Å². The highest BCUT2D eigenvalue weighted by atomic mass is 35.5. The molecule has 0 unspecified atom stereocenters. The summed E-state index contributed by atoms with van der Waals surface area (Å²) in [7, 11) is -3.57. The monoisotopic (exact) mass is 562 g/mol. The summed E-state index contributed by atoms with van der Waals surface area (Å²) in [6.45, 7) is 3.53. The zero-order valence-electron chi connectivity index (χ0n) is 21.1. The first-order valence-corrected chi connectivity index (χ1v) is 14.2. The molecule has 1 aliphatic carbocycles. The number of nitrogens with one attached hydrogen (secondary N) is 3. The molecular weight excluding hydrogens is 531 g/mol. The van der Waals surface area contributed by atoms with Crippen LogP contribution in [0, 0.1) is 12.7 Å². The lowest BCUT2D eigenvalue weighted by molar-refractivity contribution is 0.426. The van der Waals surface area contributed by atoms with Gasteiger partial charge in [-0.1, -0.05) is 12.8 Å². The highest BCUT2D eigenvalue weighted by Gasteiger charge is 2.29. The minimum atomic E-state index is -3.57. The quantitative estimate of drug-likeness (QED) is 0.349. The highest BCUT2D eigenvalue weighted by Crippen LogP contribution is 2.35. The third-order valence-electron chi connectivity index (χ3n) is 6.76. The number of anilines is 2. The molecule has 3 heterocycles. The fraction of sp³-hybridized carbons (Fsp3) is 0.423. The van der Waals surface area contributed by atoms with Crippen molar-refractivity contribution in [3.8, 4) is 22.9 Å². The fourth-order valence-corrected chi connectivity index (χ4v) is 6.43. The Labute approximate surface area is 228 Å². The van der Waals surface area contributed by atoms with Crippen LogP contribution in [0.15, 0.2) is 42.7 Å². The van der Waals surface area contributed by atoms with E-state index in [0.29, 0.717) is 35.6 Å². The van der Waals surface area contributed by atoms with Gasteiger partial charge in [0.1, 0.15) is 0 Å². The first-order chi connectivity index (χ1) is 17.9. The van der Waals surface area contributed by atoms with E-state index in [1.165, 1.54) is 0 Å². The Morgan fingerprint density at radius 3 is 2.63 bits per heavy atom. The number of aromatic nitrogens is 3. The molecule has 204 valence electrons. The van der Waals surface area contributed by atoms with E-state index in [9.17, 15) is 8.42 Å². The van der Waals surface area contributed by atoms with Gasteiger partial charge in [0.2, 0.25) is 21.9 Å². The minimum Gasteiger partial charge on any atom is -0.435 e. The maximum absolute atomic E-state index is 15.2. The van der Waals surface area contributed by atoms with Crippen LogP contribution in [-0.4, -0.2) is 47.8 Å². The minimum absolute atomic E-state index is 0. The van der Waals surface area contributed by atoms with E-state index >= 15 is 4.39 Å². The van der Waals surface area contributed by atoms with Crippen molar-refractivity contribution in [1.82, 2.24) is 20.3 Å². The first-order valence-electron chi connectivity index (χ1n) is 12.6. The number of pyridine rings is 1. The molecule has 3 aromatic rings. The van der Waals surface area contributed by atoms with Gasteiger partial charge in [0.05, 0.1) is 22.2 Å². The van der Waals surface area contributed by atoms with Crippen molar-refractivity contribution in [1.29, 1.82) is 0 Å². The Morgan fingerprint density at radius 1 is 1.08 bits per heavy atom. The van der Waals surface area contributed by atoms with Gasteiger partial charge >= 0.3 is 0 Å². The van der Waals surface area contributed by atoms with Crippen molar-refractivity contribution >= 4 is 34.1 Å². The maximum atomic E-state index is 15.2. The molecule has 0 amide bonds. The van der Waals surface area contributed by atoms with Crippen LogP contribution < -0.4 is 20.1 Å². The Kier molecular flexibility index (Phi) is 9.01. The summed E-state index contributed by atoms with van der Waals surface area (Å²) in [5.74, 6) is -0.0185. The number of piperidine rings is 1. The highest BCUT2D eigenvalue weighted by molar-refractivity contribution is 7.93. The number of sulfonamides is 1. The van der Waals surface area contributed by atoms with Gasteiger partial charge in [0, 0.05) is 31.0 Å². The topological polar surface area (TPSA) is 118 Å². The second kappa shape index (κ2) is 12.2. The lowest BCUT2D eigenvalue weighted by Gasteiger charge is -2.23. The number of halogens is 2. The lowest BCUT2D eigenvalue weighted by atomic mass is 10.1. The predicted octanol–water partition coefficient (Wildman–Crippen LogP) is 5.05. The van der Waals surface area contributed by atoms with Gasteiger partial charge in [-0.15, -0.1) is 12.4 Å². The molecule has 1 saturated heterocycles. The Morgan fingerprint density at radius 2 is 1.89 bits per heavy atom. The van der Waals surface area contributed by atoms with E-state index in [-0.39, 0.29) is 35.8 Å². The predicted molar refractivity (Wildman–Crippen MR) is 148 cm³/mol. The molecule has 9 nitrogen and oxygen atoms in total. The Hall–Kier alpha value is -3.02. The molecule has 1 atom stereocenters. The van der Waals surface area contributed by atoms with Crippen LogP contribution in [0.4, 0.5) is 16.0 Å². The molecule has 1 aromatic carbocycles. The average molecular weight is 563 g/mol. The lowest BCUT2D eigenvalue weighted by Crippen LogP contribution is -2.38. The normalized spacial score (nSPS) is 18.0. The third kappa shape index (κ3) is 6.51. The Bertz CT molecular complexity index is 1340. The van der Waals surface area contributed by atoms with Gasteiger partial charge in [-0.3, -0.25) is 4.72 Å². The SMILES string of the molecule is Cc1cc(NS(=O)(=O)C2CCCC2)cc(F)c1Oc1ncccc1-c1ccnc(N[C@H]2CCCNC2)n1.Cl. The molecule has 12 heteroatoms. The second-order valence-electron chi connectivity index (χ2n) is 9.57. The van der Waals surface area contributed by atoms with E-state index < -0.39 is 21.1 Å². The number of hydrogen-bond donors (Lipinski definition) is 3. The van der Waals surface area contributed by atoms with Crippen molar-refractivity contribution < 1.29 is 17.5 Å². The average Bonchev–Trinajstić information content (AvgIpc) is 3.44. The molecular formula is C26H32ClFN6O3S. The summed E-state index contributed by atoms with van der Waals surface area (Å²) in [5, 5.41) is 6.28. The number of ether oxygens (including phenoxy) is 1. The van der Waals surface area contributed by atoms with Crippen LogP contribution in [0.25, 0.3) is 11.3 Å². The van der Waals surface area contributed by atoms with Gasteiger partial charge in [-0.05, 0) is 69.0 Å². The van der Waals surface area contributed by atoms with Crippen molar-refractivity contribution in [3.63, 3.8) is 0 Å². The van der Waals surface area contributed by atoms with Crippen molar-refractivity contribution in [3.05, 3.63) is 54.1 Å². The number of benzene rings is 1. The molecule has 0 radical (unpaired) electrons. The molecule has 5 rings (SSSR count).